The third kappa shape index (κ3) is 5.70. The Balaban J connectivity index is 1.65. The van der Waals surface area contributed by atoms with E-state index in [1.807, 2.05) is 31.2 Å². The average Bonchev–Trinajstić information content (AvgIpc) is 2.70. The molecule has 0 aliphatic carbocycles. The first-order chi connectivity index (χ1) is 13.9. The predicted molar refractivity (Wildman–Crippen MR) is 110 cm³/mol. The molecule has 0 unspecified atom stereocenters. The molecule has 8 heteroatoms. The SMILES string of the molecule is Cc1ccc(Oc2ccc(Cl)cc2NC(=O)COc2ccc([N+](=O)[O-])cc2)cc1. The monoisotopic (exact) mass is 412 g/mol. The van der Waals surface area contributed by atoms with E-state index in [1.165, 1.54) is 24.3 Å². The number of amides is 1. The van der Waals surface area contributed by atoms with E-state index < -0.39 is 10.8 Å². The van der Waals surface area contributed by atoms with Gasteiger partial charge in [0, 0.05) is 17.2 Å². The van der Waals surface area contributed by atoms with Crippen LogP contribution in [0.1, 0.15) is 5.56 Å². The zero-order chi connectivity index (χ0) is 20.8. The lowest BCUT2D eigenvalue weighted by Gasteiger charge is -2.13. The molecule has 0 aliphatic rings. The van der Waals surface area contributed by atoms with Crippen molar-refractivity contribution in [3.63, 3.8) is 0 Å². The molecular weight excluding hydrogens is 396 g/mol. The Morgan fingerprint density at radius 2 is 1.69 bits per heavy atom. The highest BCUT2D eigenvalue weighted by Gasteiger charge is 2.11. The summed E-state index contributed by atoms with van der Waals surface area (Å²) in [5.41, 5.74) is 1.44. The van der Waals surface area contributed by atoms with Crippen molar-refractivity contribution in [3.8, 4) is 17.2 Å². The molecule has 29 heavy (non-hydrogen) atoms. The van der Waals surface area contributed by atoms with Crippen molar-refractivity contribution in [2.45, 2.75) is 6.92 Å². The van der Waals surface area contributed by atoms with Gasteiger partial charge in [0.05, 0.1) is 10.6 Å². The largest absolute Gasteiger partial charge is 0.484 e. The Morgan fingerprint density at radius 1 is 1.03 bits per heavy atom. The van der Waals surface area contributed by atoms with Gasteiger partial charge >= 0.3 is 0 Å². The topological polar surface area (TPSA) is 90.7 Å². The molecule has 7 nitrogen and oxygen atoms in total. The Bertz CT molecular complexity index is 1020. The molecule has 0 fully saturated rings. The van der Waals surface area contributed by atoms with Gasteiger partial charge in [0.15, 0.2) is 12.4 Å². The number of anilines is 1. The number of ether oxygens (including phenoxy) is 2. The summed E-state index contributed by atoms with van der Waals surface area (Å²) in [7, 11) is 0. The van der Waals surface area contributed by atoms with Crippen LogP contribution in [0.3, 0.4) is 0 Å². The van der Waals surface area contributed by atoms with Gasteiger partial charge in [-0.1, -0.05) is 29.3 Å². The first-order valence-electron chi connectivity index (χ1n) is 8.62. The molecule has 3 rings (SSSR count). The molecule has 0 atom stereocenters. The van der Waals surface area contributed by atoms with Gasteiger partial charge in [-0.15, -0.1) is 0 Å². The molecular formula is C21H17ClN2O5. The Kier molecular flexibility index (Phi) is 6.31. The van der Waals surface area contributed by atoms with Gasteiger partial charge in [-0.05, 0) is 49.4 Å². The molecule has 0 heterocycles. The molecule has 0 saturated heterocycles. The van der Waals surface area contributed by atoms with Gasteiger partial charge in [0.2, 0.25) is 0 Å². The number of hydrogen-bond donors (Lipinski definition) is 1. The van der Waals surface area contributed by atoms with Crippen molar-refractivity contribution in [1.82, 2.24) is 0 Å². The highest BCUT2D eigenvalue weighted by atomic mass is 35.5. The minimum atomic E-state index is -0.509. The van der Waals surface area contributed by atoms with Gasteiger partial charge in [-0.3, -0.25) is 14.9 Å². The summed E-state index contributed by atoms with van der Waals surface area (Å²) in [6.07, 6.45) is 0. The standard InChI is InChI=1S/C21H17ClN2O5/c1-14-2-7-18(8-3-14)29-20-11-4-15(22)12-19(20)23-21(25)13-28-17-9-5-16(6-10-17)24(26)27/h2-12H,13H2,1H3,(H,23,25). The van der Waals surface area contributed by atoms with Crippen LogP contribution in [0.2, 0.25) is 5.02 Å². The number of nitro groups is 1. The van der Waals surface area contributed by atoms with Crippen LogP contribution in [0.5, 0.6) is 17.2 Å². The van der Waals surface area contributed by atoms with Gasteiger partial charge in [0.25, 0.3) is 11.6 Å². The second kappa shape index (κ2) is 9.07. The minimum Gasteiger partial charge on any atom is -0.484 e. The zero-order valence-electron chi connectivity index (χ0n) is 15.4. The van der Waals surface area contributed by atoms with Crippen molar-refractivity contribution >= 4 is 28.9 Å². The van der Waals surface area contributed by atoms with Crippen LogP contribution in [0.25, 0.3) is 0 Å². The van der Waals surface area contributed by atoms with E-state index in [1.54, 1.807) is 18.2 Å². The number of carbonyl (C=O) groups excluding carboxylic acids is 1. The van der Waals surface area contributed by atoms with Crippen molar-refractivity contribution in [2.75, 3.05) is 11.9 Å². The smallest absolute Gasteiger partial charge is 0.269 e. The van der Waals surface area contributed by atoms with Crippen molar-refractivity contribution in [2.24, 2.45) is 0 Å². The van der Waals surface area contributed by atoms with Crippen LogP contribution < -0.4 is 14.8 Å². The first kappa shape index (κ1) is 20.2. The number of rotatable bonds is 7. The fourth-order valence-corrected chi connectivity index (χ4v) is 2.59. The fourth-order valence-electron chi connectivity index (χ4n) is 2.42. The van der Waals surface area contributed by atoms with Crippen LogP contribution >= 0.6 is 11.6 Å². The molecule has 1 amide bonds. The molecule has 0 aromatic heterocycles. The fraction of sp³-hybridized carbons (Fsp3) is 0.0952. The normalized spacial score (nSPS) is 10.3. The zero-order valence-corrected chi connectivity index (χ0v) is 16.2. The average molecular weight is 413 g/mol. The van der Waals surface area contributed by atoms with Crippen molar-refractivity contribution in [3.05, 3.63) is 87.4 Å². The number of nitro benzene ring substituents is 1. The number of nitrogens with one attached hydrogen (secondary N) is 1. The molecule has 0 bridgehead atoms. The molecule has 0 radical (unpaired) electrons. The number of hydrogen-bond acceptors (Lipinski definition) is 5. The van der Waals surface area contributed by atoms with Crippen LogP contribution in [-0.4, -0.2) is 17.4 Å². The lowest BCUT2D eigenvalue weighted by molar-refractivity contribution is -0.384. The number of aryl methyl sites for hydroxylation is 1. The molecule has 3 aromatic rings. The summed E-state index contributed by atoms with van der Waals surface area (Å²) in [4.78, 5) is 22.4. The lowest BCUT2D eigenvalue weighted by Crippen LogP contribution is -2.20. The summed E-state index contributed by atoms with van der Waals surface area (Å²) in [6, 6.07) is 17.9. The second-order valence-corrected chi connectivity index (χ2v) is 6.58. The summed E-state index contributed by atoms with van der Waals surface area (Å²) in [5, 5.41) is 13.8. The lowest BCUT2D eigenvalue weighted by atomic mass is 10.2. The maximum atomic E-state index is 12.3. The number of carbonyl (C=O) groups is 1. The van der Waals surface area contributed by atoms with Crippen LogP contribution in [-0.2, 0) is 4.79 Å². The second-order valence-electron chi connectivity index (χ2n) is 6.14. The number of non-ortho nitro benzene ring substituents is 1. The van der Waals surface area contributed by atoms with E-state index in [0.717, 1.165) is 5.56 Å². The Morgan fingerprint density at radius 3 is 2.34 bits per heavy atom. The van der Waals surface area contributed by atoms with E-state index in [-0.39, 0.29) is 12.3 Å². The van der Waals surface area contributed by atoms with Gasteiger partial charge in [-0.2, -0.15) is 0 Å². The molecule has 0 spiro atoms. The third-order valence-electron chi connectivity index (χ3n) is 3.88. The highest BCUT2D eigenvalue weighted by molar-refractivity contribution is 6.31. The van der Waals surface area contributed by atoms with Crippen molar-refractivity contribution < 1.29 is 19.2 Å². The minimum absolute atomic E-state index is 0.0568. The molecule has 148 valence electrons. The maximum absolute atomic E-state index is 12.3. The van der Waals surface area contributed by atoms with Crippen LogP contribution in [0, 0.1) is 17.0 Å². The summed E-state index contributed by atoms with van der Waals surface area (Å²) in [5.74, 6) is 0.963. The third-order valence-corrected chi connectivity index (χ3v) is 4.12. The molecule has 0 aliphatic heterocycles. The molecule has 1 N–H and O–H groups in total. The van der Waals surface area contributed by atoms with E-state index in [2.05, 4.69) is 5.32 Å². The summed E-state index contributed by atoms with van der Waals surface area (Å²) in [6.45, 7) is 1.69. The van der Waals surface area contributed by atoms with Crippen LogP contribution in [0.15, 0.2) is 66.7 Å². The molecule has 3 aromatic carbocycles. The van der Waals surface area contributed by atoms with E-state index in [4.69, 9.17) is 21.1 Å². The highest BCUT2D eigenvalue weighted by Crippen LogP contribution is 2.32. The quantitative estimate of drug-likeness (QED) is 0.416. The first-order valence-corrected chi connectivity index (χ1v) is 9.00. The summed E-state index contributed by atoms with van der Waals surface area (Å²) < 4.78 is 11.2. The van der Waals surface area contributed by atoms with Crippen molar-refractivity contribution in [1.29, 1.82) is 0 Å². The van der Waals surface area contributed by atoms with Gasteiger partial charge in [0.1, 0.15) is 11.5 Å². The van der Waals surface area contributed by atoms with E-state index >= 15 is 0 Å². The van der Waals surface area contributed by atoms with E-state index in [0.29, 0.717) is 28.0 Å². The Labute approximate surface area is 172 Å². The van der Waals surface area contributed by atoms with Gasteiger partial charge in [-0.25, -0.2) is 0 Å². The van der Waals surface area contributed by atoms with Gasteiger partial charge < -0.3 is 14.8 Å². The predicted octanol–water partition coefficient (Wildman–Crippen LogP) is 5.37. The number of halogens is 1. The maximum Gasteiger partial charge on any atom is 0.269 e. The summed E-state index contributed by atoms with van der Waals surface area (Å²) >= 11 is 6.04. The van der Waals surface area contributed by atoms with Crippen LogP contribution in [0.4, 0.5) is 11.4 Å². The molecule has 0 saturated carbocycles. The van der Waals surface area contributed by atoms with E-state index in [9.17, 15) is 14.9 Å². The number of benzene rings is 3. The number of nitrogens with zero attached hydrogens (tertiary/aromatic N) is 1. The Hall–Kier alpha value is -3.58.